The Morgan fingerprint density at radius 3 is 2.55 bits per heavy atom. The number of carbonyl (C=O) groups excluding carboxylic acids is 1. The summed E-state index contributed by atoms with van der Waals surface area (Å²) in [6, 6.07) is 7.38. The van der Waals surface area contributed by atoms with Crippen LogP contribution in [0, 0.1) is 0 Å². The summed E-state index contributed by atoms with van der Waals surface area (Å²) >= 11 is 1.16. The Hall–Kier alpha value is -1.75. The van der Waals surface area contributed by atoms with Crippen molar-refractivity contribution in [2.75, 3.05) is 23.7 Å². The maximum Gasteiger partial charge on any atom is 0.348 e. The first kappa shape index (κ1) is 16.6. The largest absolute Gasteiger partial charge is 0.422 e. The molecule has 1 heterocycles. The zero-order valence-electron chi connectivity index (χ0n) is 13.2. The molecule has 0 atom stereocenters. The summed E-state index contributed by atoms with van der Waals surface area (Å²) in [7, 11) is 0. The average Bonchev–Trinajstić information content (AvgIpc) is 2.53. The molecule has 0 fully saturated rings. The predicted octanol–water partition coefficient (Wildman–Crippen LogP) is 3.92. The smallest absolute Gasteiger partial charge is 0.348 e. The molecule has 2 rings (SSSR count). The van der Waals surface area contributed by atoms with Crippen LogP contribution in [0.4, 0.5) is 5.69 Å². The minimum Gasteiger partial charge on any atom is -0.422 e. The van der Waals surface area contributed by atoms with Crippen LogP contribution in [0.5, 0.6) is 0 Å². The fourth-order valence-corrected chi connectivity index (χ4v) is 2.99. The number of anilines is 1. The third-order valence-corrected chi connectivity index (χ3v) is 4.60. The summed E-state index contributed by atoms with van der Waals surface area (Å²) in [4.78, 5) is 26.3. The second kappa shape index (κ2) is 7.49. The predicted molar refractivity (Wildman–Crippen MR) is 93.1 cm³/mol. The summed E-state index contributed by atoms with van der Waals surface area (Å²) in [6.45, 7) is 7.93. The first-order chi connectivity index (χ1) is 10.6. The van der Waals surface area contributed by atoms with E-state index in [4.69, 9.17) is 4.42 Å². The lowest BCUT2D eigenvalue weighted by Gasteiger charge is -2.20. The monoisotopic (exact) mass is 319 g/mol. The highest BCUT2D eigenvalue weighted by Crippen LogP contribution is 2.23. The number of hydrogen-bond donors (Lipinski definition) is 0. The van der Waals surface area contributed by atoms with Gasteiger partial charge in [0.15, 0.2) is 0 Å². The van der Waals surface area contributed by atoms with E-state index < -0.39 is 5.63 Å². The summed E-state index contributed by atoms with van der Waals surface area (Å²) in [5.74, 6) is 0.706. The van der Waals surface area contributed by atoms with Gasteiger partial charge in [0.05, 0.1) is 0 Å². The Morgan fingerprint density at radius 1 is 1.18 bits per heavy atom. The van der Waals surface area contributed by atoms with Crippen LogP contribution in [0.3, 0.4) is 0 Å². The standard InChI is InChI=1S/C17H21NO3S/c1-4-9-22-17(20)14-10-12-7-8-13(18(5-2)6-3)11-15(12)21-16(14)19/h7-8,10-11H,4-6,9H2,1-3H3. The SMILES string of the molecule is CCCSC(=O)c1cc2ccc(N(CC)CC)cc2oc1=O. The average molecular weight is 319 g/mol. The first-order valence-corrected chi connectivity index (χ1v) is 8.59. The molecule has 0 bridgehead atoms. The summed E-state index contributed by atoms with van der Waals surface area (Å²) in [5, 5.41) is 0.557. The Morgan fingerprint density at radius 2 is 1.91 bits per heavy atom. The Kier molecular flexibility index (Phi) is 5.66. The minimum absolute atomic E-state index is 0.126. The van der Waals surface area contributed by atoms with Gasteiger partial charge in [-0.1, -0.05) is 18.7 Å². The third-order valence-electron chi connectivity index (χ3n) is 3.51. The van der Waals surface area contributed by atoms with Crippen LogP contribution in [-0.4, -0.2) is 24.0 Å². The molecule has 0 spiro atoms. The lowest BCUT2D eigenvalue weighted by atomic mass is 10.1. The highest BCUT2D eigenvalue weighted by atomic mass is 32.2. The lowest BCUT2D eigenvalue weighted by Crippen LogP contribution is -2.21. The highest BCUT2D eigenvalue weighted by Gasteiger charge is 2.14. The van der Waals surface area contributed by atoms with E-state index in [0.29, 0.717) is 11.3 Å². The van der Waals surface area contributed by atoms with Gasteiger partial charge < -0.3 is 9.32 Å². The molecular formula is C17H21NO3S. The van der Waals surface area contributed by atoms with Crippen molar-refractivity contribution in [1.82, 2.24) is 0 Å². The van der Waals surface area contributed by atoms with E-state index in [1.54, 1.807) is 6.07 Å². The van der Waals surface area contributed by atoms with Crippen molar-refractivity contribution in [2.24, 2.45) is 0 Å². The molecular weight excluding hydrogens is 298 g/mol. The van der Waals surface area contributed by atoms with Crippen LogP contribution in [0.15, 0.2) is 33.5 Å². The molecule has 0 aliphatic rings. The number of fused-ring (bicyclic) bond motifs is 1. The molecule has 22 heavy (non-hydrogen) atoms. The Labute approximate surface area is 134 Å². The molecule has 0 aliphatic carbocycles. The Bertz CT molecular complexity index is 719. The second-order valence-corrected chi connectivity index (χ2v) is 6.05. The van der Waals surface area contributed by atoms with Crippen LogP contribution < -0.4 is 10.5 Å². The third kappa shape index (κ3) is 3.53. The van der Waals surface area contributed by atoms with Crippen molar-refractivity contribution in [2.45, 2.75) is 27.2 Å². The second-order valence-electron chi connectivity index (χ2n) is 4.98. The van der Waals surface area contributed by atoms with E-state index in [-0.39, 0.29) is 10.7 Å². The van der Waals surface area contributed by atoms with Crippen molar-refractivity contribution in [3.8, 4) is 0 Å². The number of benzene rings is 1. The molecule has 0 amide bonds. The first-order valence-electron chi connectivity index (χ1n) is 7.60. The number of carbonyl (C=O) groups is 1. The zero-order valence-corrected chi connectivity index (χ0v) is 14.0. The molecule has 1 aromatic carbocycles. The van der Waals surface area contributed by atoms with E-state index >= 15 is 0 Å². The molecule has 0 aliphatic heterocycles. The number of rotatable bonds is 6. The number of thioether (sulfide) groups is 1. The van der Waals surface area contributed by atoms with Crippen molar-refractivity contribution < 1.29 is 9.21 Å². The molecule has 1 aromatic heterocycles. The molecule has 0 radical (unpaired) electrons. The fourth-order valence-electron chi connectivity index (χ4n) is 2.30. The van der Waals surface area contributed by atoms with Gasteiger partial charge in [0.1, 0.15) is 11.1 Å². The van der Waals surface area contributed by atoms with Crippen LogP contribution in [0.25, 0.3) is 11.0 Å². The fraction of sp³-hybridized carbons (Fsp3) is 0.412. The van der Waals surface area contributed by atoms with Gasteiger partial charge in [0.25, 0.3) is 0 Å². The van der Waals surface area contributed by atoms with E-state index in [0.717, 1.165) is 42.3 Å². The van der Waals surface area contributed by atoms with Gasteiger partial charge in [-0.25, -0.2) is 4.79 Å². The molecule has 4 nitrogen and oxygen atoms in total. The summed E-state index contributed by atoms with van der Waals surface area (Å²) < 4.78 is 5.36. The summed E-state index contributed by atoms with van der Waals surface area (Å²) in [5.41, 5.74) is 1.10. The van der Waals surface area contributed by atoms with Gasteiger partial charge in [0, 0.05) is 36.0 Å². The van der Waals surface area contributed by atoms with Gasteiger partial charge in [-0.2, -0.15) is 0 Å². The molecule has 0 saturated carbocycles. The molecule has 118 valence electrons. The van der Waals surface area contributed by atoms with Crippen molar-refractivity contribution in [3.05, 3.63) is 40.2 Å². The molecule has 0 unspecified atom stereocenters. The van der Waals surface area contributed by atoms with E-state index in [9.17, 15) is 9.59 Å². The van der Waals surface area contributed by atoms with E-state index in [1.165, 1.54) is 0 Å². The highest BCUT2D eigenvalue weighted by molar-refractivity contribution is 8.14. The minimum atomic E-state index is -0.558. The van der Waals surface area contributed by atoms with Crippen LogP contribution in [0.2, 0.25) is 0 Å². The Balaban J connectivity index is 2.42. The number of nitrogens with zero attached hydrogens (tertiary/aromatic N) is 1. The van der Waals surface area contributed by atoms with E-state index in [2.05, 4.69) is 18.7 Å². The topological polar surface area (TPSA) is 50.5 Å². The van der Waals surface area contributed by atoms with Crippen molar-refractivity contribution in [3.63, 3.8) is 0 Å². The van der Waals surface area contributed by atoms with Crippen LogP contribution >= 0.6 is 11.8 Å². The molecule has 0 saturated heterocycles. The van der Waals surface area contributed by atoms with Crippen molar-refractivity contribution >= 4 is 33.5 Å². The normalized spacial score (nSPS) is 10.9. The van der Waals surface area contributed by atoms with Gasteiger partial charge in [-0.15, -0.1) is 0 Å². The lowest BCUT2D eigenvalue weighted by molar-refractivity contribution is 0.108. The van der Waals surface area contributed by atoms with Gasteiger partial charge in [-0.05, 0) is 38.5 Å². The summed E-state index contributed by atoms with van der Waals surface area (Å²) in [6.07, 6.45) is 0.891. The van der Waals surface area contributed by atoms with Crippen LogP contribution in [0.1, 0.15) is 37.6 Å². The number of hydrogen-bond acceptors (Lipinski definition) is 5. The van der Waals surface area contributed by atoms with Crippen molar-refractivity contribution in [1.29, 1.82) is 0 Å². The quantitative estimate of drug-likeness (QED) is 0.755. The van der Waals surface area contributed by atoms with Crippen LogP contribution in [-0.2, 0) is 0 Å². The molecule has 5 heteroatoms. The van der Waals surface area contributed by atoms with Gasteiger partial charge in [-0.3, -0.25) is 4.79 Å². The molecule has 0 N–H and O–H groups in total. The van der Waals surface area contributed by atoms with E-state index in [1.807, 2.05) is 25.1 Å². The maximum absolute atomic E-state index is 12.0. The maximum atomic E-state index is 12.0. The molecule has 2 aromatic rings. The zero-order chi connectivity index (χ0) is 16.1. The van der Waals surface area contributed by atoms with Gasteiger partial charge in [0.2, 0.25) is 5.12 Å². The van der Waals surface area contributed by atoms with Gasteiger partial charge >= 0.3 is 5.63 Å².